The summed E-state index contributed by atoms with van der Waals surface area (Å²) in [5.74, 6) is -0.272. The molecule has 10 nitrogen and oxygen atoms in total. The third kappa shape index (κ3) is 5.24. The number of carbonyl (C=O) groups is 2. The molecule has 0 unspecified atom stereocenters. The average molecular weight is 470 g/mol. The highest BCUT2D eigenvalue weighted by Gasteiger charge is 2.33. The van der Waals surface area contributed by atoms with E-state index in [1.54, 1.807) is 19.3 Å². The predicted molar refractivity (Wildman–Crippen MR) is 124 cm³/mol. The van der Waals surface area contributed by atoms with Crippen LogP contribution >= 0.6 is 0 Å². The SMILES string of the molecule is Cc1cn2cc(NC(=O)c3cnc(N4C[C@@H](C)[C@H](NC(=O)OC(C)(C)C)C4)cn3)cc(F)c2n1. The molecule has 11 heteroatoms. The van der Waals surface area contributed by atoms with Crippen molar-refractivity contribution < 1.29 is 18.7 Å². The van der Waals surface area contributed by atoms with Crippen LogP contribution in [0.5, 0.6) is 0 Å². The summed E-state index contributed by atoms with van der Waals surface area (Å²) in [4.78, 5) is 39.4. The number of nitrogens with one attached hydrogen (secondary N) is 2. The quantitative estimate of drug-likeness (QED) is 0.603. The van der Waals surface area contributed by atoms with Gasteiger partial charge in [0.25, 0.3) is 5.91 Å². The summed E-state index contributed by atoms with van der Waals surface area (Å²) >= 11 is 0. The number of imidazole rings is 1. The molecule has 0 bridgehead atoms. The van der Waals surface area contributed by atoms with E-state index in [4.69, 9.17) is 4.74 Å². The number of alkyl carbamates (subject to hydrolysis) is 1. The minimum atomic E-state index is -0.567. The Labute approximate surface area is 196 Å². The Morgan fingerprint density at radius 3 is 2.62 bits per heavy atom. The Bertz CT molecular complexity index is 1220. The highest BCUT2D eigenvalue weighted by molar-refractivity contribution is 6.02. The van der Waals surface area contributed by atoms with Crippen molar-refractivity contribution in [3.8, 4) is 0 Å². The van der Waals surface area contributed by atoms with Crippen LogP contribution in [-0.2, 0) is 4.74 Å². The molecule has 1 aliphatic heterocycles. The lowest BCUT2D eigenvalue weighted by Gasteiger charge is -2.23. The van der Waals surface area contributed by atoms with Crippen molar-refractivity contribution in [2.24, 2.45) is 5.92 Å². The standard InChI is InChI=1S/C23H28FN7O3/c1-13-9-30(12-18(13)29-22(33)34-23(3,4)5)19-8-25-17(7-26-19)21(32)28-15-6-16(24)20-27-14(2)10-31(20)11-15/h6-8,10-11,13,18H,9,12H2,1-5H3,(H,28,32)(H,29,33)/t13-,18-/m1/s1. The molecule has 2 atom stereocenters. The van der Waals surface area contributed by atoms with E-state index in [2.05, 4.69) is 25.6 Å². The third-order valence-electron chi connectivity index (χ3n) is 5.39. The fraction of sp³-hybridized carbons (Fsp3) is 0.435. The number of rotatable bonds is 4. The maximum absolute atomic E-state index is 14.3. The van der Waals surface area contributed by atoms with Gasteiger partial charge in [-0.3, -0.25) is 4.79 Å². The summed E-state index contributed by atoms with van der Waals surface area (Å²) in [5, 5.41) is 5.55. The van der Waals surface area contributed by atoms with Gasteiger partial charge in [0.1, 0.15) is 17.1 Å². The van der Waals surface area contributed by atoms with E-state index in [1.807, 2.05) is 32.6 Å². The molecule has 2 N–H and O–H groups in total. The number of aromatic nitrogens is 4. The van der Waals surface area contributed by atoms with E-state index in [1.165, 1.54) is 22.9 Å². The van der Waals surface area contributed by atoms with E-state index >= 15 is 0 Å². The topological polar surface area (TPSA) is 114 Å². The van der Waals surface area contributed by atoms with Gasteiger partial charge in [0.2, 0.25) is 0 Å². The van der Waals surface area contributed by atoms with Gasteiger partial charge in [-0.25, -0.2) is 24.1 Å². The molecule has 0 aromatic carbocycles. The number of ether oxygens (including phenoxy) is 1. The molecule has 1 fully saturated rings. The van der Waals surface area contributed by atoms with Gasteiger partial charge in [-0.1, -0.05) is 6.92 Å². The normalized spacial score (nSPS) is 18.2. The van der Waals surface area contributed by atoms with Gasteiger partial charge in [0.05, 0.1) is 29.8 Å². The highest BCUT2D eigenvalue weighted by atomic mass is 19.1. The molecule has 4 heterocycles. The zero-order chi connectivity index (χ0) is 24.6. The predicted octanol–water partition coefficient (Wildman–Crippen LogP) is 3.17. The first-order chi connectivity index (χ1) is 16.0. The second-order valence-electron chi connectivity index (χ2n) is 9.54. The molecule has 4 rings (SSSR count). The molecule has 34 heavy (non-hydrogen) atoms. The number of fused-ring (bicyclic) bond motifs is 1. The van der Waals surface area contributed by atoms with Gasteiger partial charge >= 0.3 is 6.09 Å². The Morgan fingerprint density at radius 1 is 1.18 bits per heavy atom. The number of nitrogens with zero attached hydrogens (tertiary/aromatic N) is 5. The molecule has 0 spiro atoms. The minimum absolute atomic E-state index is 0.0988. The van der Waals surface area contributed by atoms with E-state index in [9.17, 15) is 14.0 Å². The smallest absolute Gasteiger partial charge is 0.407 e. The first-order valence-electron chi connectivity index (χ1n) is 11.0. The monoisotopic (exact) mass is 469 g/mol. The van der Waals surface area contributed by atoms with Crippen LogP contribution in [0.4, 0.5) is 20.7 Å². The maximum Gasteiger partial charge on any atom is 0.407 e. The molecule has 0 aliphatic carbocycles. The van der Waals surface area contributed by atoms with E-state index < -0.39 is 23.4 Å². The molecule has 3 aromatic rings. The zero-order valence-electron chi connectivity index (χ0n) is 19.8. The molecule has 1 saturated heterocycles. The largest absolute Gasteiger partial charge is 0.444 e. The average Bonchev–Trinajstić information content (AvgIpc) is 3.29. The Balaban J connectivity index is 1.39. The van der Waals surface area contributed by atoms with Gasteiger partial charge in [0, 0.05) is 31.5 Å². The van der Waals surface area contributed by atoms with E-state index in [0.29, 0.717) is 24.6 Å². The summed E-state index contributed by atoms with van der Waals surface area (Å²) < 4.78 is 21.1. The summed E-state index contributed by atoms with van der Waals surface area (Å²) in [6.45, 7) is 10.5. The van der Waals surface area contributed by atoms with Crippen LogP contribution in [0.1, 0.15) is 43.9 Å². The minimum Gasteiger partial charge on any atom is -0.444 e. The number of halogens is 1. The Hall–Kier alpha value is -3.76. The van der Waals surface area contributed by atoms with Crippen molar-refractivity contribution in [3.05, 3.63) is 48.1 Å². The van der Waals surface area contributed by atoms with Crippen molar-refractivity contribution in [2.75, 3.05) is 23.3 Å². The maximum atomic E-state index is 14.3. The molecule has 0 radical (unpaired) electrons. The second-order valence-corrected chi connectivity index (χ2v) is 9.54. The van der Waals surface area contributed by atoms with Crippen molar-refractivity contribution in [2.45, 2.75) is 46.3 Å². The molecular weight excluding hydrogens is 441 g/mol. The van der Waals surface area contributed by atoms with Crippen molar-refractivity contribution in [1.29, 1.82) is 0 Å². The van der Waals surface area contributed by atoms with Gasteiger partial charge < -0.3 is 24.7 Å². The number of carbonyl (C=O) groups excluding carboxylic acids is 2. The lowest BCUT2D eigenvalue weighted by atomic mass is 10.1. The molecular formula is C23H28FN7O3. The van der Waals surface area contributed by atoms with Crippen LogP contribution in [0, 0.1) is 18.7 Å². The summed E-state index contributed by atoms with van der Waals surface area (Å²) in [7, 11) is 0. The number of anilines is 2. The number of hydrogen-bond acceptors (Lipinski definition) is 7. The van der Waals surface area contributed by atoms with Gasteiger partial charge in [-0.05, 0) is 33.6 Å². The first kappa shape index (κ1) is 23.4. The second kappa shape index (κ2) is 8.88. The number of amides is 2. The van der Waals surface area contributed by atoms with Crippen LogP contribution in [0.25, 0.3) is 5.65 Å². The van der Waals surface area contributed by atoms with E-state index in [-0.39, 0.29) is 29.0 Å². The molecule has 180 valence electrons. The van der Waals surface area contributed by atoms with Gasteiger partial charge in [-0.2, -0.15) is 0 Å². The van der Waals surface area contributed by atoms with Crippen molar-refractivity contribution >= 4 is 29.2 Å². The van der Waals surface area contributed by atoms with Gasteiger partial charge in [-0.15, -0.1) is 0 Å². The fourth-order valence-electron chi connectivity index (χ4n) is 3.85. The van der Waals surface area contributed by atoms with Gasteiger partial charge in [0.15, 0.2) is 11.5 Å². The number of pyridine rings is 1. The Morgan fingerprint density at radius 2 is 1.94 bits per heavy atom. The van der Waals surface area contributed by atoms with Crippen molar-refractivity contribution in [3.63, 3.8) is 0 Å². The van der Waals surface area contributed by atoms with Crippen LogP contribution in [0.2, 0.25) is 0 Å². The van der Waals surface area contributed by atoms with E-state index in [0.717, 1.165) is 0 Å². The van der Waals surface area contributed by atoms with Crippen LogP contribution < -0.4 is 15.5 Å². The molecule has 1 aliphatic rings. The number of aryl methyl sites for hydroxylation is 1. The first-order valence-corrected chi connectivity index (χ1v) is 11.0. The lowest BCUT2D eigenvalue weighted by Crippen LogP contribution is -2.42. The lowest BCUT2D eigenvalue weighted by molar-refractivity contribution is 0.0499. The molecule has 0 saturated carbocycles. The molecule has 3 aromatic heterocycles. The third-order valence-corrected chi connectivity index (χ3v) is 5.39. The molecule has 2 amide bonds. The fourth-order valence-corrected chi connectivity index (χ4v) is 3.85. The Kier molecular flexibility index (Phi) is 6.11. The van der Waals surface area contributed by atoms with Crippen LogP contribution in [0.3, 0.4) is 0 Å². The highest BCUT2D eigenvalue weighted by Crippen LogP contribution is 2.23. The summed E-state index contributed by atoms with van der Waals surface area (Å²) in [6, 6.07) is 1.11. The van der Waals surface area contributed by atoms with Crippen LogP contribution in [0.15, 0.2) is 30.9 Å². The van der Waals surface area contributed by atoms with Crippen molar-refractivity contribution in [1.82, 2.24) is 24.7 Å². The zero-order valence-corrected chi connectivity index (χ0v) is 19.8. The summed E-state index contributed by atoms with van der Waals surface area (Å²) in [6.07, 6.45) is 5.69. The summed E-state index contributed by atoms with van der Waals surface area (Å²) in [5.41, 5.74) is 0.676. The van der Waals surface area contributed by atoms with Crippen LogP contribution in [-0.4, -0.2) is 56.1 Å². The number of hydrogen-bond donors (Lipinski definition) is 2.